The molecule has 0 aliphatic carbocycles. The molecule has 2 atom stereocenters. The molecule has 5 nitrogen and oxygen atoms in total. The minimum Gasteiger partial charge on any atom is -0.398 e. The molecule has 2 N–H and O–H groups in total. The number of tetrazole rings is 1. The van der Waals surface area contributed by atoms with Crippen molar-refractivity contribution < 1.29 is 0 Å². The van der Waals surface area contributed by atoms with Gasteiger partial charge < -0.3 is 5.73 Å². The minimum absolute atomic E-state index is 0.202. The summed E-state index contributed by atoms with van der Waals surface area (Å²) in [7, 11) is 0. The van der Waals surface area contributed by atoms with Crippen molar-refractivity contribution in [3.8, 4) is 11.4 Å². The molecule has 2 rings (SSSR count). The Hall–Kier alpha value is -1.62. The van der Waals surface area contributed by atoms with Crippen LogP contribution in [-0.2, 0) is 0 Å². The lowest BCUT2D eigenvalue weighted by molar-refractivity contribution is 0.340. The summed E-state index contributed by atoms with van der Waals surface area (Å²) < 4.78 is 1.82. The van der Waals surface area contributed by atoms with E-state index < -0.39 is 0 Å². The van der Waals surface area contributed by atoms with Gasteiger partial charge in [0.2, 0.25) is 0 Å². The number of hydrogen-bond acceptors (Lipinski definition) is 4. The van der Waals surface area contributed by atoms with Gasteiger partial charge in [-0.3, -0.25) is 0 Å². The van der Waals surface area contributed by atoms with Crippen LogP contribution in [0.5, 0.6) is 0 Å². The number of aromatic nitrogens is 4. The average Bonchev–Trinajstić information content (AvgIpc) is 2.88. The standard InChI is InChI=1S/C13H18ClN5/c1-4-8(2)9(3)19-13(16-17-18-19)11-7-10(14)5-6-12(11)15/h5-9H,4,15H2,1-3H3. The Morgan fingerprint density at radius 2 is 2.11 bits per heavy atom. The SMILES string of the molecule is CCC(C)C(C)n1nnnc1-c1cc(Cl)ccc1N. The van der Waals surface area contributed by atoms with Crippen LogP contribution in [0.3, 0.4) is 0 Å². The normalized spacial score (nSPS) is 14.3. The van der Waals surface area contributed by atoms with Gasteiger partial charge in [0.25, 0.3) is 0 Å². The highest BCUT2D eigenvalue weighted by molar-refractivity contribution is 6.31. The van der Waals surface area contributed by atoms with Crippen LogP contribution >= 0.6 is 11.6 Å². The second-order valence-corrected chi connectivity index (χ2v) is 5.24. The predicted molar refractivity (Wildman–Crippen MR) is 76.8 cm³/mol. The molecule has 19 heavy (non-hydrogen) atoms. The van der Waals surface area contributed by atoms with E-state index in [1.54, 1.807) is 18.2 Å². The molecule has 102 valence electrons. The number of nitrogens with zero attached hydrogens (tertiary/aromatic N) is 4. The summed E-state index contributed by atoms with van der Waals surface area (Å²) in [5, 5.41) is 12.6. The Bertz CT molecular complexity index is 566. The zero-order valence-electron chi connectivity index (χ0n) is 11.3. The summed E-state index contributed by atoms with van der Waals surface area (Å²) in [6.07, 6.45) is 1.06. The molecular formula is C13H18ClN5. The lowest BCUT2D eigenvalue weighted by Crippen LogP contribution is -2.16. The van der Waals surface area contributed by atoms with Crippen molar-refractivity contribution in [3.05, 3.63) is 23.2 Å². The van der Waals surface area contributed by atoms with Crippen LogP contribution in [0.4, 0.5) is 5.69 Å². The molecule has 6 heteroatoms. The van der Waals surface area contributed by atoms with Crippen molar-refractivity contribution in [1.29, 1.82) is 0 Å². The Morgan fingerprint density at radius 1 is 1.37 bits per heavy atom. The van der Waals surface area contributed by atoms with E-state index in [-0.39, 0.29) is 6.04 Å². The maximum absolute atomic E-state index is 6.02. The highest BCUT2D eigenvalue weighted by Gasteiger charge is 2.20. The monoisotopic (exact) mass is 279 g/mol. The van der Waals surface area contributed by atoms with Gasteiger partial charge in [-0.15, -0.1) is 5.10 Å². The number of rotatable bonds is 4. The van der Waals surface area contributed by atoms with Crippen molar-refractivity contribution in [2.75, 3.05) is 5.73 Å². The number of anilines is 1. The zero-order chi connectivity index (χ0) is 14.0. The van der Waals surface area contributed by atoms with Crippen LogP contribution in [-0.4, -0.2) is 20.2 Å². The third kappa shape index (κ3) is 2.71. The summed E-state index contributed by atoms with van der Waals surface area (Å²) in [5.41, 5.74) is 7.38. The summed E-state index contributed by atoms with van der Waals surface area (Å²) in [6.45, 7) is 6.44. The van der Waals surface area contributed by atoms with Crippen LogP contribution in [0.2, 0.25) is 5.02 Å². The van der Waals surface area contributed by atoms with Gasteiger partial charge in [0.15, 0.2) is 5.82 Å². The number of nitrogen functional groups attached to an aromatic ring is 1. The first-order valence-electron chi connectivity index (χ1n) is 6.37. The van der Waals surface area contributed by atoms with Crippen molar-refractivity contribution in [2.24, 2.45) is 5.92 Å². The fourth-order valence-corrected chi connectivity index (χ4v) is 2.12. The van der Waals surface area contributed by atoms with Gasteiger partial charge in [-0.25, -0.2) is 4.68 Å². The fourth-order valence-electron chi connectivity index (χ4n) is 1.95. The summed E-state index contributed by atoms with van der Waals surface area (Å²) in [6, 6.07) is 5.52. The summed E-state index contributed by atoms with van der Waals surface area (Å²) in [5.74, 6) is 1.13. The lowest BCUT2D eigenvalue weighted by atomic mass is 10.0. The molecule has 0 aliphatic heterocycles. The van der Waals surface area contributed by atoms with Crippen molar-refractivity contribution >= 4 is 17.3 Å². The van der Waals surface area contributed by atoms with Crippen LogP contribution in [0, 0.1) is 5.92 Å². The molecule has 0 spiro atoms. The molecule has 1 aromatic heterocycles. The first-order chi connectivity index (χ1) is 9.04. The maximum atomic E-state index is 6.02. The molecule has 0 radical (unpaired) electrons. The number of halogens is 1. The third-order valence-corrected chi connectivity index (χ3v) is 3.84. The van der Waals surface area contributed by atoms with E-state index in [1.807, 2.05) is 4.68 Å². The molecule has 1 heterocycles. The van der Waals surface area contributed by atoms with E-state index >= 15 is 0 Å². The molecule has 2 aromatic rings. The van der Waals surface area contributed by atoms with E-state index in [4.69, 9.17) is 17.3 Å². The second kappa shape index (κ2) is 5.57. The number of hydrogen-bond donors (Lipinski definition) is 1. The zero-order valence-corrected chi connectivity index (χ0v) is 12.1. The van der Waals surface area contributed by atoms with Gasteiger partial charge >= 0.3 is 0 Å². The molecule has 2 unspecified atom stereocenters. The summed E-state index contributed by atoms with van der Waals surface area (Å²) >= 11 is 6.02. The van der Waals surface area contributed by atoms with Crippen molar-refractivity contribution in [1.82, 2.24) is 20.2 Å². The number of benzene rings is 1. The topological polar surface area (TPSA) is 69.6 Å². The first kappa shape index (κ1) is 13.8. The quantitative estimate of drug-likeness (QED) is 0.873. The highest BCUT2D eigenvalue weighted by Crippen LogP contribution is 2.30. The van der Waals surface area contributed by atoms with Gasteiger partial charge in [0.1, 0.15) is 0 Å². The smallest absolute Gasteiger partial charge is 0.184 e. The van der Waals surface area contributed by atoms with E-state index in [9.17, 15) is 0 Å². The fraction of sp³-hybridized carbons (Fsp3) is 0.462. The Kier molecular flexibility index (Phi) is 4.04. The average molecular weight is 280 g/mol. The van der Waals surface area contributed by atoms with Crippen LogP contribution in [0.1, 0.15) is 33.2 Å². The van der Waals surface area contributed by atoms with E-state index in [1.165, 1.54) is 0 Å². The molecule has 1 aromatic carbocycles. The van der Waals surface area contributed by atoms with Gasteiger partial charge in [-0.05, 0) is 41.5 Å². The van der Waals surface area contributed by atoms with E-state index in [2.05, 4.69) is 36.3 Å². The Morgan fingerprint density at radius 3 is 2.79 bits per heavy atom. The lowest BCUT2D eigenvalue weighted by Gasteiger charge is -2.19. The molecule has 0 fully saturated rings. The highest BCUT2D eigenvalue weighted by atomic mass is 35.5. The van der Waals surface area contributed by atoms with Crippen LogP contribution < -0.4 is 5.73 Å². The van der Waals surface area contributed by atoms with E-state index in [0.717, 1.165) is 12.0 Å². The van der Waals surface area contributed by atoms with Gasteiger partial charge in [0, 0.05) is 16.3 Å². The van der Waals surface area contributed by atoms with E-state index in [0.29, 0.717) is 22.5 Å². The Labute approximate surface area is 117 Å². The van der Waals surface area contributed by atoms with Crippen molar-refractivity contribution in [2.45, 2.75) is 33.2 Å². The maximum Gasteiger partial charge on any atom is 0.184 e. The molecule has 0 saturated heterocycles. The first-order valence-corrected chi connectivity index (χ1v) is 6.75. The molecule has 0 bridgehead atoms. The number of nitrogens with two attached hydrogens (primary N) is 1. The van der Waals surface area contributed by atoms with Gasteiger partial charge in [-0.1, -0.05) is 31.9 Å². The van der Waals surface area contributed by atoms with Gasteiger partial charge in [0.05, 0.1) is 6.04 Å². The predicted octanol–water partition coefficient (Wildman–Crippen LogP) is 3.18. The van der Waals surface area contributed by atoms with Crippen LogP contribution in [0.15, 0.2) is 18.2 Å². The third-order valence-electron chi connectivity index (χ3n) is 3.60. The van der Waals surface area contributed by atoms with Crippen LogP contribution in [0.25, 0.3) is 11.4 Å². The Balaban J connectivity index is 2.47. The second-order valence-electron chi connectivity index (χ2n) is 4.80. The molecule has 0 aliphatic rings. The molecule has 0 saturated carbocycles. The molecular weight excluding hydrogens is 262 g/mol. The van der Waals surface area contributed by atoms with Gasteiger partial charge in [-0.2, -0.15) is 0 Å². The molecule has 0 amide bonds. The van der Waals surface area contributed by atoms with Crippen molar-refractivity contribution in [3.63, 3.8) is 0 Å². The summed E-state index contributed by atoms with van der Waals surface area (Å²) in [4.78, 5) is 0. The largest absolute Gasteiger partial charge is 0.398 e. The minimum atomic E-state index is 0.202.